The summed E-state index contributed by atoms with van der Waals surface area (Å²) in [4.78, 5) is 72.2. The van der Waals surface area contributed by atoms with E-state index in [2.05, 4.69) is 15.9 Å². The molecule has 306 valence electrons. The zero-order chi connectivity index (χ0) is 44.4. The van der Waals surface area contributed by atoms with Gasteiger partial charge < -0.3 is 28.9 Å². The highest BCUT2D eigenvalue weighted by atomic mass is 79.9. The molecule has 23 heteroatoms. The number of rotatable bonds is 1. The summed E-state index contributed by atoms with van der Waals surface area (Å²) in [5, 5.41) is -0.398. The molecule has 6 heterocycles. The van der Waals surface area contributed by atoms with E-state index in [1.54, 1.807) is 0 Å². The van der Waals surface area contributed by atoms with Crippen LogP contribution in [-0.4, -0.2) is 165 Å². The SMILES string of the molecule is [B]N1C(=O)C(Br)CC1C.[B]N1C(=O)C(C(F)(F)F)CC1C.[B]N1C(=O)C(C)CC1C.[B]N1C(=O)C(CC)CC1C.[B]N1C(=O)C(Cl)CC1C.[B]N1C(=O)CCC1C. The Labute approximate surface area is 357 Å². The third-order valence-corrected chi connectivity index (χ3v) is 11.8. The fourth-order valence-corrected chi connectivity index (χ4v) is 7.60. The van der Waals surface area contributed by atoms with E-state index in [1.165, 1.54) is 31.0 Å². The Kier molecular flexibility index (Phi) is 21.3. The quantitative estimate of drug-likeness (QED) is 0.296. The second kappa shape index (κ2) is 23.0. The highest BCUT2D eigenvalue weighted by molar-refractivity contribution is 9.10. The standard InChI is InChI=1S/C7H12BNO.C6H7BF3NO.C6H10BNO.C5H7BBrNO.C5H7BClNO.C5H8BNO/c1-3-6-4-5(2)9(8)7(6)10;1-3-2-4(6(8,9)10)5(12)11(3)7;1-4-3-5(2)8(7)6(4)9;2*1-3-2-4(7)5(9)8(3)6;1-4-2-3-5(8)7(4)6/h5-6H,3-4H2,1-2H3;3-4H,2H2,1H3;4-5H,3H2,1-2H3;2*3-4H,2H2,1H3;4H,2-3H2,1H3. The molecule has 0 aliphatic carbocycles. The zero-order valence-corrected chi connectivity index (χ0v) is 36.3. The highest BCUT2D eigenvalue weighted by Gasteiger charge is 2.51. The van der Waals surface area contributed by atoms with E-state index in [-0.39, 0.29) is 82.8 Å². The summed E-state index contributed by atoms with van der Waals surface area (Å²) in [5.74, 6) is -2.56. The molecule has 0 aromatic carbocycles. The van der Waals surface area contributed by atoms with Crippen molar-refractivity contribution < 1.29 is 41.9 Å². The van der Waals surface area contributed by atoms with Gasteiger partial charge in [0.15, 0.2) is 0 Å². The van der Waals surface area contributed by atoms with Crippen molar-refractivity contribution in [1.82, 2.24) is 28.9 Å². The smallest absolute Gasteiger partial charge is 0.394 e. The van der Waals surface area contributed by atoms with Crippen molar-refractivity contribution in [2.45, 2.75) is 159 Å². The number of hydrogen-bond donors (Lipinski definition) is 0. The van der Waals surface area contributed by atoms with Crippen LogP contribution in [0.5, 0.6) is 0 Å². The summed E-state index contributed by atoms with van der Waals surface area (Å²) in [6.07, 6.45) is 1.05. The molecule has 57 heavy (non-hydrogen) atoms. The Bertz CT molecular complexity index is 1340. The van der Waals surface area contributed by atoms with Crippen molar-refractivity contribution in [3.8, 4) is 0 Å². The Morgan fingerprint density at radius 1 is 0.579 bits per heavy atom. The molecule has 11 atom stereocenters. The van der Waals surface area contributed by atoms with Gasteiger partial charge >= 0.3 is 6.18 Å². The van der Waals surface area contributed by atoms with Crippen molar-refractivity contribution in [1.29, 1.82) is 0 Å². The largest absolute Gasteiger partial charge is 0.400 e. The fraction of sp³-hybridized carbons (Fsp3) is 0.824. The summed E-state index contributed by atoms with van der Waals surface area (Å²) in [5.41, 5.74) is 0. The van der Waals surface area contributed by atoms with Crippen LogP contribution in [0, 0.1) is 17.8 Å². The van der Waals surface area contributed by atoms with Crippen LogP contribution < -0.4 is 0 Å². The van der Waals surface area contributed by atoms with Gasteiger partial charge in [-0.15, -0.1) is 11.6 Å². The lowest BCUT2D eigenvalue weighted by molar-refractivity contribution is -0.179. The minimum absolute atomic E-state index is 0.0116. The van der Waals surface area contributed by atoms with Gasteiger partial charge in [0.2, 0.25) is 83.3 Å². The fourth-order valence-electron chi connectivity index (χ4n) is 6.45. The molecule has 6 aliphatic rings. The van der Waals surface area contributed by atoms with Crippen molar-refractivity contribution in [2.75, 3.05) is 0 Å². The van der Waals surface area contributed by atoms with E-state index in [0.29, 0.717) is 17.7 Å². The van der Waals surface area contributed by atoms with E-state index in [1.807, 2.05) is 48.5 Å². The molecule has 0 saturated carbocycles. The third kappa shape index (κ3) is 14.8. The molecule has 6 amide bonds. The molecule has 11 unspecified atom stereocenters. The van der Waals surface area contributed by atoms with E-state index < -0.39 is 29.4 Å². The molecule has 12 nitrogen and oxygen atoms in total. The van der Waals surface area contributed by atoms with Crippen LogP contribution in [0.15, 0.2) is 0 Å². The number of carbonyl (C=O) groups is 6. The van der Waals surface area contributed by atoms with Crippen LogP contribution in [0.25, 0.3) is 0 Å². The van der Waals surface area contributed by atoms with Crippen LogP contribution >= 0.6 is 27.5 Å². The minimum atomic E-state index is -4.46. The van der Waals surface area contributed by atoms with Gasteiger partial charge in [0, 0.05) is 54.5 Å². The summed E-state index contributed by atoms with van der Waals surface area (Å²) in [7, 11) is 31.9. The first kappa shape index (κ1) is 52.8. The molecule has 0 aromatic rings. The molecule has 6 rings (SSSR count). The number of amides is 6. The van der Waals surface area contributed by atoms with Crippen LogP contribution in [0.1, 0.15) is 107 Å². The lowest BCUT2D eigenvalue weighted by Gasteiger charge is -2.15. The van der Waals surface area contributed by atoms with Gasteiger partial charge in [-0.25, -0.2) is 0 Å². The molecule has 0 bridgehead atoms. The van der Waals surface area contributed by atoms with Crippen LogP contribution in [-0.2, 0) is 28.8 Å². The van der Waals surface area contributed by atoms with E-state index in [0.717, 1.165) is 32.1 Å². The van der Waals surface area contributed by atoms with Crippen LogP contribution in [0.4, 0.5) is 13.2 Å². The first-order valence-corrected chi connectivity index (χ1v) is 20.3. The Morgan fingerprint density at radius 3 is 1.14 bits per heavy atom. The predicted octanol–water partition coefficient (Wildman–Crippen LogP) is 2.75. The molecule has 6 saturated heterocycles. The molecule has 6 aliphatic heterocycles. The average Bonchev–Trinajstić information content (AvgIpc) is 3.88. The van der Waals surface area contributed by atoms with Crippen LogP contribution in [0.3, 0.4) is 0 Å². The number of nitrogens with zero attached hydrogens (tertiary/aromatic N) is 6. The second-order valence-corrected chi connectivity index (χ2v) is 17.0. The van der Waals surface area contributed by atoms with Gasteiger partial charge in [-0.05, 0) is 86.5 Å². The van der Waals surface area contributed by atoms with Gasteiger partial charge in [0.25, 0.3) is 0 Å². The summed E-state index contributed by atoms with van der Waals surface area (Å²) >= 11 is 8.79. The maximum Gasteiger partial charge on any atom is 0.400 e. The maximum absolute atomic E-state index is 12.1. The number of carbonyl (C=O) groups excluding carboxylic acids is 6. The van der Waals surface area contributed by atoms with Gasteiger partial charge in [-0.2, -0.15) is 13.2 Å². The Morgan fingerprint density at radius 2 is 1.00 bits per heavy atom. The van der Waals surface area contributed by atoms with E-state index in [4.69, 9.17) is 59.5 Å². The van der Waals surface area contributed by atoms with Crippen molar-refractivity contribution >= 4 is 111 Å². The highest BCUT2D eigenvalue weighted by Crippen LogP contribution is 2.36. The lowest BCUT2D eigenvalue weighted by atomic mass is 10.0. The molecular formula is C34H51B6BrClF3N6O6. The maximum atomic E-state index is 12.1. The zero-order valence-electron chi connectivity index (χ0n) is 34.0. The number of hydrogen-bond acceptors (Lipinski definition) is 6. The summed E-state index contributed by atoms with van der Waals surface area (Å²) in [6, 6.07) is 0.471. The second-order valence-electron chi connectivity index (χ2n) is 15.4. The topological polar surface area (TPSA) is 122 Å². The Balaban J connectivity index is 0.000000343. The first-order chi connectivity index (χ1) is 26.1. The van der Waals surface area contributed by atoms with Gasteiger partial charge in [0.05, 0.1) is 4.83 Å². The predicted molar refractivity (Wildman–Crippen MR) is 220 cm³/mol. The summed E-state index contributed by atoms with van der Waals surface area (Å²) < 4.78 is 36.2. The lowest BCUT2D eigenvalue weighted by Crippen LogP contribution is -2.33. The molecule has 0 aromatic heterocycles. The van der Waals surface area contributed by atoms with Gasteiger partial charge in [0.1, 0.15) is 11.3 Å². The molecule has 12 radical (unpaired) electrons. The first-order valence-electron chi connectivity index (χ1n) is 18.9. The van der Waals surface area contributed by atoms with E-state index >= 15 is 0 Å². The minimum Gasteiger partial charge on any atom is -0.394 e. The van der Waals surface area contributed by atoms with Gasteiger partial charge in [-0.3, -0.25) is 28.8 Å². The molecule has 6 fully saturated rings. The number of alkyl halides is 5. The van der Waals surface area contributed by atoms with E-state index in [9.17, 15) is 41.9 Å². The average molecular weight is 877 g/mol. The van der Waals surface area contributed by atoms with Crippen LogP contribution in [0.2, 0.25) is 0 Å². The molecule has 0 spiro atoms. The third-order valence-electron chi connectivity index (χ3n) is 10.7. The van der Waals surface area contributed by atoms with Gasteiger partial charge in [-0.1, -0.05) is 29.8 Å². The summed E-state index contributed by atoms with van der Waals surface area (Å²) in [6.45, 7) is 15.1. The Hall–Kier alpha value is -2.23. The van der Waals surface area contributed by atoms with Crippen molar-refractivity contribution in [3.05, 3.63) is 0 Å². The van der Waals surface area contributed by atoms with Crippen molar-refractivity contribution in [3.63, 3.8) is 0 Å². The molecule has 0 N–H and O–H groups in total. The van der Waals surface area contributed by atoms with Crippen molar-refractivity contribution in [2.24, 2.45) is 17.8 Å². The number of halogens is 5. The normalized spacial score (nSPS) is 33.5. The monoisotopic (exact) mass is 876 g/mol. The molecular weight excluding hydrogens is 826 g/mol.